The zero-order valence-corrected chi connectivity index (χ0v) is 11.8. The van der Waals surface area contributed by atoms with Crippen LogP contribution in [0, 0.1) is 5.82 Å². The third-order valence-corrected chi connectivity index (χ3v) is 4.03. The van der Waals surface area contributed by atoms with Crippen molar-refractivity contribution in [2.24, 2.45) is 0 Å². The first-order chi connectivity index (χ1) is 8.27. The predicted molar refractivity (Wildman–Crippen MR) is 71.7 cm³/mol. The van der Waals surface area contributed by atoms with E-state index < -0.39 is 18.3 Å². The van der Waals surface area contributed by atoms with Crippen LogP contribution < -0.4 is 5.46 Å². The van der Waals surface area contributed by atoms with Crippen LogP contribution in [0.1, 0.15) is 33.3 Å². The Hall–Kier alpha value is -0.575. The maximum Gasteiger partial charge on any atom is 0.497 e. The van der Waals surface area contributed by atoms with Gasteiger partial charge >= 0.3 is 7.12 Å². The first kappa shape index (κ1) is 13.8. The third-order valence-electron chi connectivity index (χ3n) is 3.73. The van der Waals surface area contributed by atoms with Crippen LogP contribution in [0.5, 0.6) is 0 Å². The van der Waals surface area contributed by atoms with E-state index in [1.807, 2.05) is 27.7 Å². The van der Waals surface area contributed by atoms with Crippen LogP contribution in [0.25, 0.3) is 0 Å². The predicted octanol–water partition coefficient (Wildman–Crippen LogP) is 2.86. The summed E-state index contributed by atoms with van der Waals surface area (Å²) in [5, 5.41) is 0. The van der Waals surface area contributed by atoms with Gasteiger partial charge in [0.1, 0.15) is 5.82 Å². The molecule has 98 valence electrons. The van der Waals surface area contributed by atoms with Crippen LogP contribution >= 0.6 is 11.6 Å². The number of alkyl halides is 1. The zero-order valence-electron chi connectivity index (χ0n) is 11.1. The molecule has 2 rings (SSSR count). The van der Waals surface area contributed by atoms with Crippen molar-refractivity contribution in [3.05, 3.63) is 29.6 Å². The molecule has 0 radical (unpaired) electrons. The fourth-order valence-electron chi connectivity index (χ4n) is 1.81. The Morgan fingerprint density at radius 1 is 1.17 bits per heavy atom. The molecule has 0 aliphatic carbocycles. The van der Waals surface area contributed by atoms with Gasteiger partial charge in [-0.05, 0) is 39.3 Å². The van der Waals surface area contributed by atoms with Crippen LogP contribution in [0.15, 0.2) is 18.2 Å². The summed E-state index contributed by atoms with van der Waals surface area (Å²) in [5.74, 6) is -0.0488. The second-order valence-corrected chi connectivity index (χ2v) is 5.85. The second-order valence-electron chi connectivity index (χ2n) is 5.58. The minimum absolute atomic E-state index is 0.292. The summed E-state index contributed by atoms with van der Waals surface area (Å²) in [6.45, 7) is 7.77. The average molecular weight is 271 g/mol. The molecule has 2 nitrogen and oxygen atoms in total. The van der Waals surface area contributed by atoms with Crippen molar-refractivity contribution in [3.8, 4) is 0 Å². The molecule has 0 amide bonds. The fraction of sp³-hybridized carbons (Fsp3) is 0.538. The van der Waals surface area contributed by atoms with Gasteiger partial charge in [-0.1, -0.05) is 12.1 Å². The van der Waals surface area contributed by atoms with Gasteiger partial charge in [0.15, 0.2) is 0 Å². The number of rotatable bonds is 2. The molecule has 18 heavy (non-hydrogen) atoms. The lowest BCUT2D eigenvalue weighted by molar-refractivity contribution is 0.00578. The Labute approximate surface area is 113 Å². The van der Waals surface area contributed by atoms with Crippen LogP contribution in [-0.4, -0.2) is 18.3 Å². The molecule has 0 bridgehead atoms. The van der Waals surface area contributed by atoms with Gasteiger partial charge < -0.3 is 9.31 Å². The highest BCUT2D eigenvalue weighted by Gasteiger charge is 2.52. The highest BCUT2D eigenvalue weighted by molar-refractivity contribution is 6.62. The van der Waals surface area contributed by atoms with E-state index in [-0.39, 0.29) is 5.82 Å². The van der Waals surface area contributed by atoms with E-state index in [1.54, 1.807) is 12.1 Å². The van der Waals surface area contributed by atoms with E-state index in [9.17, 15) is 4.39 Å². The Bertz CT molecular complexity index is 446. The van der Waals surface area contributed by atoms with Crippen molar-refractivity contribution in [3.63, 3.8) is 0 Å². The lowest BCUT2D eigenvalue weighted by Gasteiger charge is -2.32. The summed E-state index contributed by atoms with van der Waals surface area (Å²) >= 11 is 5.67. The number of hydrogen-bond donors (Lipinski definition) is 0. The number of hydrogen-bond acceptors (Lipinski definition) is 2. The zero-order chi connectivity index (χ0) is 13.6. The first-order valence-electron chi connectivity index (χ1n) is 5.97. The summed E-state index contributed by atoms with van der Waals surface area (Å²) in [6.07, 6.45) is 0. The Kier molecular flexibility index (Phi) is 3.47. The molecule has 0 spiro atoms. The van der Waals surface area contributed by atoms with Crippen molar-refractivity contribution < 1.29 is 13.7 Å². The lowest BCUT2D eigenvalue weighted by Crippen LogP contribution is -2.41. The van der Waals surface area contributed by atoms with Crippen LogP contribution in [0.3, 0.4) is 0 Å². The summed E-state index contributed by atoms with van der Waals surface area (Å²) < 4.78 is 25.6. The van der Waals surface area contributed by atoms with Gasteiger partial charge in [0.25, 0.3) is 0 Å². The molecule has 1 heterocycles. The molecule has 1 aromatic carbocycles. The van der Waals surface area contributed by atoms with Gasteiger partial charge in [0.2, 0.25) is 0 Å². The summed E-state index contributed by atoms with van der Waals surface area (Å²) in [7, 11) is -0.667. The van der Waals surface area contributed by atoms with Crippen molar-refractivity contribution >= 4 is 24.2 Å². The Morgan fingerprint density at radius 2 is 1.72 bits per heavy atom. The van der Waals surface area contributed by atoms with Gasteiger partial charge in [-0.15, -0.1) is 11.6 Å². The quantitative estimate of drug-likeness (QED) is 0.608. The molecule has 1 saturated heterocycles. The van der Waals surface area contributed by atoms with Crippen molar-refractivity contribution in [1.29, 1.82) is 0 Å². The average Bonchev–Trinajstić information content (AvgIpc) is 2.47. The molecular weight excluding hydrogens is 253 g/mol. The van der Waals surface area contributed by atoms with Gasteiger partial charge in [-0.2, -0.15) is 0 Å². The molecule has 0 atom stereocenters. The molecule has 0 saturated carbocycles. The monoisotopic (exact) mass is 270 g/mol. The minimum atomic E-state index is -0.667. The molecule has 1 aliphatic heterocycles. The van der Waals surface area contributed by atoms with Gasteiger partial charge in [0, 0.05) is 11.3 Å². The smallest absolute Gasteiger partial charge is 0.399 e. The van der Waals surface area contributed by atoms with E-state index in [2.05, 4.69) is 0 Å². The highest BCUT2D eigenvalue weighted by atomic mass is 35.5. The van der Waals surface area contributed by atoms with E-state index in [4.69, 9.17) is 20.9 Å². The molecule has 0 N–H and O–H groups in total. The van der Waals surface area contributed by atoms with Crippen LogP contribution in [0.2, 0.25) is 0 Å². The fourth-order valence-corrected chi connectivity index (χ4v) is 1.98. The molecule has 5 heteroatoms. The maximum absolute atomic E-state index is 14.0. The van der Waals surface area contributed by atoms with Crippen LogP contribution in [-0.2, 0) is 15.2 Å². The number of benzene rings is 1. The molecule has 1 fully saturated rings. The number of halogens is 2. The van der Waals surface area contributed by atoms with E-state index in [1.165, 1.54) is 6.07 Å². The van der Waals surface area contributed by atoms with Crippen molar-refractivity contribution in [1.82, 2.24) is 0 Å². The molecular formula is C13H17BClFO2. The van der Waals surface area contributed by atoms with Gasteiger partial charge in [-0.3, -0.25) is 0 Å². The molecule has 1 aliphatic rings. The van der Waals surface area contributed by atoms with Crippen molar-refractivity contribution in [2.75, 3.05) is 0 Å². The normalized spacial score (nSPS) is 21.3. The summed E-state index contributed by atoms with van der Waals surface area (Å²) in [4.78, 5) is 0. The summed E-state index contributed by atoms with van der Waals surface area (Å²) in [6, 6.07) is 4.89. The van der Waals surface area contributed by atoms with Crippen LogP contribution in [0.4, 0.5) is 4.39 Å². The third kappa shape index (κ3) is 2.29. The Balaban J connectivity index is 2.30. The topological polar surface area (TPSA) is 18.5 Å². The highest BCUT2D eigenvalue weighted by Crippen LogP contribution is 2.36. The standard InChI is InChI=1S/C13H17BClFO2/c1-12(2)13(3,4)18-14(17-12)10-6-5-9(8-15)7-11(10)16/h5-7H,8H2,1-4H3. The van der Waals surface area contributed by atoms with E-state index in [0.29, 0.717) is 11.3 Å². The molecule has 0 aromatic heterocycles. The lowest BCUT2D eigenvalue weighted by atomic mass is 9.78. The first-order valence-corrected chi connectivity index (χ1v) is 6.50. The van der Waals surface area contributed by atoms with E-state index in [0.717, 1.165) is 5.56 Å². The van der Waals surface area contributed by atoms with Crippen molar-refractivity contribution in [2.45, 2.75) is 44.8 Å². The SMILES string of the molecule is CC1(C)OB(c2ccc(CCl)cc2F)OC1(C)C. The molecule has 1 aromatic rings. The second kappa shape index (κ2) is 4.51. The minimum Gasteiger partial charge on any atom is -0.399 e. The molecule has 0 unspecified atom stereocenters. The Morgan fingerprint density at radius 3 is 2.17 bits per heavy atom. The van der Waals surface area contributed by atoms with Gasteiger partial charge in [-0.25, -0.2) is 4.39 Å². The maximum atomic E-state index is 14.0. The summed E-state index contributed by atoms with van der Waals surface area (Å²) in [5.41, 5.74) is 0.238. The largest absolute Gasteiger partial charge is 0.497 e. The van der Waals surface area contributed by atoms with Gasteiger partial charge in [0.05, 0.1) is 11.2 Å². The van der Waals surface area contributed by atoms with E-state index >= 15 is 0 Å².